The highest BCUT2D eigenvalue weighted by Crippen LogP contribution is 2.35. The molecule has 0 saturated carbocycles. The predicted molar refractivity (Wildman–Crippen MR) is 533 cm³/mol. The molecule has 34 heteroatoms. The molecule has 11 N–H and O–H groups in total. The minimum atomic E-state index is -2.63. The zero-order chi connectivity index (χ0) is 95.0. The van der Waals surface area contributed by atoms with E-state index in [0.29, 0.717) is 64.0 Å². The highest BCUT2D eigenvalue weighted by molar-refractivity contribution is 6.14. The van der Waals surface area contributed by atoms with Crippen LogP contribution in [0.3, 0.4) is 0 Å². The van der Waals surface area contributed by atoms with Crippen molar-refractivity contribution in [3.63, 3.8) is 0 Å². The molecule has 16 aromatic rings. The van der Waals surface area contributed by atoms with Crippen LogP contribution in [0.1, 0.15) is 159 Å². The third-order valence-electron chi connectivity index (χ3n) is 26.2. The van der Waals surface area contributed by atoms with E-state index in [2.05, 4.69) is 132 Å². The lowest BCUT2D eigenvalue weighted by Crippen LogP contribution is -2.36. The number of carbonyl (C=O) groups excluding carboxylic acids is 4. The van der Waals surface area contributed by atoms with Crippen molar-refractivity contribution in [1.29, 1.82) is 0 Å². The van der Waals surface area contributed by atoms with Gasteiger partial charge in [0, 0.05) is 159 Å². The standard InChI is InChI=1S/C29H31F2N7O.C28H31N7O2.C24H25N7O.C24H24N6O/c30-29(31)8-11-38(19-29)17-20-12-22(15-32-14-20)21-4-7-26-25(13-21)27(36-35-26)28(39)34-23-5-6-24(33-16-23)18-37-9-2-1-3-10-37;36-24-6-10-35(11-7-24)17-19-12-21(15-29-14-19)20-2-5-26-25(13-20)27(33-32-26)28(37)31-22-3-4-23(30-16-22)18-34-8-1-9-34;25-18-10-17(12-26-13-18)16-4-7-22-21(11-16)23(30-29-22)24(32)28-19-5-6-20(27-14-19)15-31-8-2-1-3-9-31;31-24(27-19-7-8-20(26-15-19)16-30-11-2-1-3-12-30)23-21-13-17(6-9-22(21)28-29-23)18-5-4-10-25-14-18/h4-7,12-16H,1-3,8-11,17-19H2,(H,34,39)(H,35,36);2-5,12-16,24,36H,1,6-11,17-18H2,(H,31,37)(H,32,33);4-7,10-14H,1-3,8-9,15,25H2,(H,28,32)(H,29,30);4-10,13-15H,1-3,11-12,16H2,(H,27,31)(H,28,29). The van der Waals surface area contributed by atoms with Crippen molar-refractivity contribution in [2.75, 3.05) is 106 Å². The zero-order valence-electron chi connectivity index (χ0n) is 77.3. The number of hydrogen-bond donors (Lipinski definition) is 10. The lowest BCUT2D eigenvalue weighted by Gasteiger charge is -2.30. The molecule has 32 nitrogen and oxygen atoms in total. The lowest BCUT2D eigenvalue weighted by molar-refractivity contribution is 0.0114. The molecule has 6 aliphatic heterocycles. The quantitative estimate of drug-likeness (QED) is 0.0269. The summed E-state index contributed by atoms with van der Waals surface area (Å²) in [7, 11) is 0. The van der Waals surface area contributed by atoms with E-state index < -0.39 is 5.92 Å². The molecule has 0 aliphatic carbocycles. The number of halogens is 2. The van der Waals surface area contributed by atoms with Crippen LogP contribution < -0.4 is 27.0 Å². The largest absolute Gasteiger partial charge is 0.397 e. The first kappa shape index (κ1) is 93.2. The number of amides is 4. The van der Waals surface area contributed by atoms with Gasteiger partial charge in [-0.3, -0.25) is 109 Å². The fourth-order valence-corrected chi connectivity index (χ4v) is 18.6. The van der Waals surface area contributed by atoms with Gasteiger partial charge in [-0.05, 0) is 265 Å². The van der Waals surface area contributed by atoms with Crippen molar-refractivity contribution in [3.05, 3.63) is 283 Å². The minimum Gasteiger partial charge on any atom is -0.397 e. The molecule has 4 amide bonds. The van der Waals surface area contributed by atoms with Crippen LogP contribution in [0.4, 0.5) is 37.2 Å². The number of carbonyl (C=O) groups is 4. The molecule has 6 saturated heterocycles. The number of nitrogens with one attached hydrogen (secondary N) is 8. The average Bonchev–Trinajstić information content (AvgIpc) is 1.69. The van der Waals surface area contributed by atoms with E-state index in [1.54, 1.807) is 66.9 Å². The summed E-state index contributed by atoms with van der Waals surface area (Å²) in [4.78, 5) is 101. The summed E-state index contributed by atoms with van der Waals surface area (Å²) < 4.78 is 27.2. The van der Waals surface area contributed by atoms with Crippen LogP contribution in [-0.4, -0.2) is 229 Å². The van der Waals surface area contributed by atoms with Crippen molar-refractivity contribution >= 4 is 95.7 Å². The number of nitrogens with zero attached hydrogens (tertiary/aromatic N) is 18. The number of aliphatic hydroxyl groups excluding tert-OH is 1. The van der Waals surface area contributed by atoms with E-state index in [0.717, 1.165) is 228 Å². The van der Waals surface area contributed by atoms with Crippen molar-refractivity contribution in [1.82, 2.24) is 110 Å². The smallest absolute Gasteiger partial charge is 0.276 e. The van der Waals surface area contributed by atoms with Gasteiger partial charge in [-0.15, -0.1) is 0 Å². The maximum atomic E-state index is 13.6. The van der Waals surface area contributed by atoms with Gasteiger partial charge in [0.1, 0.15) is 0 Å². The first-order valence-electron chi connectivity index (χ1n) is 47.8. The average molecular weight is 1870 g/mol. The Morgan fingerprint density at radius 1 is 0.338 bits per heavy atom. The number of fused-ring (bicyclic) bond motifs is 4. The molecule has 12 aromatic heterocycles. The fraction of sp³-hybridized carbons (Fsp3) is 0.314. The van der Waals surface area contributed by atoms with E-state index in [9.17, 15) is 33.1 Å². The van der Waals surface area contributed by atoms with Gasteiger partial charge >= 0.3 is 0 Å². The highest BCUT2D eigenvalue weighted by atomic mass is 19.3. The lowest BCUT2D eigenvalue weighted by atomic mass is 10.0. The summed E-state index contributed by atoms with van der Waals surface area (Å²) in [6.07, 6.45) is 34.9. The van der Waals surface area contributed by atoms with Gasteiger partial charge in [0.15, 0.2) is 22.8 Å². The highest BCUT2D eigenvalue weighted by Gasteiger charge is 2.38. The molecular formula is C105H111F2N27O5. The molecule has 6 aliphatic rings. The summed E-state index contributed by atoms with van der Waals surface area (Å²) >= 11 is 0. The van der Waals surface area contributed by atoms with Crippen LogP contribution in [0.5, 0.6) is 0 Å². The molecular weight excluding hydrogens is 1760 g/mol. The Hall–Kier alpha value is -14.8. The number of pyridine rings is 8. The number of piperidine rings is 4. The van der Waals surface area contributed by atoms with E-state index in [1.807, 2.05) is 158 Å². The summed E-state index contributed by atoms with van der Waals surface area (Å²) in [5.41, 5.74) is 26.9. The molecule has 0 spiro atoms. The molecule has 0 unspecified atom stereocenters. The fourth-order valence-electron chi connectivity index (χ4n) is 18.6. The second-order valence-corrected chi connectivity index (χ2v) is 36.7. The number of aromatic amines is 4. The zero-order valence-corrected chi connectivity index (χ0v) is 77.3. The van der Waals surface area contributed by atoms with E-state index in [1.165, 1.54) is 64.2 Å². The third-order valence-corrected chi connectivity index (χ3v) is 26.2. The van der Waals surface area contributed by atoms with E-state index >= 15 is 0 Å². The number of aromatic nitrogens is 16. The van der Waals surface area contributed by atoms with Crippen LogP contribution >= 0.6 is 0 Å². The Bertz CT molecular complexity index is 6930. The molecule has 18 heterocycles. The van der Waals surface area contributed by atoms with Crippen molar-refractivity contribution in [3.8, 4) is 44.5 Å². The molecule has 710 valence electrons. The molecule has 0 atom stereocenters. The summed E-state index contributed by atoms with van der Waals surface area (Å²) in [6.45, 7) is 15.5. The SMILES string of the molecule is Nc1cncc(-c2ccc3[nH]nc(C(=O)Nc4ccc(CN5CCCCC5)nc4)c3c2)c1.O=C(Nc1ccc(CN2CCC2)nc1)c1n[nH]c2ccc(-c3cncc(CN4CCC(O)CC4)c3)cc12.O=C(Nc1ccc(CN2CCCCC2)nc1)c1n[nH]c2ccc(-c3cccnc3)cc12.O=C(Nc1ccc(CN2CCCCC2)nc1)c1n[nH]c2ccc(-c3cncc(CN4CCC(F)(F)C4)c3)cc12. The van der Waals surface area contributed by atoms with Gasteiger partial charge in [0.05, 0.1) is 111 Å². The molecule has 0 radical (unpaired) electrons. The number of alkyl halides is 2. The van der Waals surface area contributed by atoms with Gasteiger partial charge in [-0.1, -0.05) is 49.6 Å². The third kappa shape index (κ3) is 24.1. The number of nitrogens with two attached hydrogens (primary N) is 1. The minimum absolute atomic E-state index is 0.110. The van der Waals surface area contributed by atoms with Crippen molar-refractivity contribution in [2.24, 2.45) is 0 Å². The number of anilines is 5. The topological polar surface area (TPSA) is 400 Å². The monoisotopic (exact) mass is 1870 g/mol. The van der Waals surface area contributed by atoms with Crippen LogP contribution in [0.25, 0.3) is 88.1 Å². The number of likely N-dealkylation sites (tertiary alicyclic amines) is 6. The first-order valence-corrected chi connectivity index (χ1v) is 47.8. The first-order chi connectivity index (χ1) is 67.9. The summed E-state index contributed by atoms with van der Waals surface area (Å²) in [5, 5.41) is 53.2. The van der Waals surface area contributed by atoms with E-state index in [-0.39, 0.29) is 48.4 Å². The number of nitrogen functional groups attached to an aromatic ring is 1. The molecule has 0 bridgehead atoms. The normalized spacial score (nSPS) is 16.2. The Labute approximate surface area is 801 Å². The molecule has 22 rings (SSSR count). The molecule has 6 fully saturated rings. The maximum Gasteiger partial charge on any atom is 0.276 e. The Balaban J connectivity index is 0.000000119. The van der Waals surface area contributed by atoms with Gasteiger partial charge in [-0.25, -0.2) is 8.78 Å². The van der Waals surface area contributed by atoms with Gasteiger partial charge in [-0.2, -0.15) is 20.4 Å². The molecule has 4 aromatic carbocycles. The second kappa shape index (κ2) is 43.7. The van der Waals surface area contributed by atoms with Gasteiger partial charge in [0.25, 0.3) is 29.6 Å². The van der Waals surface area contributed by atoms with Gasteiger partial charge < -0.3 is 32.1 Å². The van der Waals surface area contributed by atoms with Crippen molar-refractivity contribution < 1.29 is 33.1 Å². The number of aliphatic hydroxyl groups is 1. The Morgan fingerprint density at radius 2 is 0.669 bits per heavy atom. The summed E-state index contributed by atoms with van der Waals surface area (Å²) in [6, 6.07) is 48.6. The van der Waals surface area contributed by atoms with E-state index in [4.69, 9.17) is 5.73 Å². The van der Waals surface area contributed by atoms with Crippen LogP contribution in [0.2, 0.25) is 0 Å². The maximum absolute atomic E-state index is 13.6. The van der Waals surface area contributed by atoms with Gasteiger partial charge in [0.2, 0.25) is 0 Å². The second-order valence-electron chi connectivity index (χ2n) is 36.7. The number of rotatable bonds is 24. The molecule has 139 heavy (non-hydrogen) atoms. The van der Waals surface area contributed by atoms with Crippen LogP contribution in [0, 0.1) is 0 Å². The predicted octanol–water partition coefficient (Wildman–Crippen LogP) is 16.6. The number of benzene rings is 4. The summed E-state index contributed by atoms with van der Waals surface area (Å²) in [5.74, 6) is -3.78. The number of H-pyrrole nitrogens is 4. The van der Waals surface area contributed by atoms with Crippen molar-refractivity contribution in [2.45, 2.75) is 135 Å². The van der Waals surface area contributed by atoms with Crippen LogP contribution in [-0.2, 0) is 39.3 Å². The Kier molecular flexibility index (Phi) is 29.3. The number of hydrogen-bond acceptors (Lipinski definition) is 24. The Morgan fingerprint density at radius 3 is 0.986 bits per heavy atom. The van der Waals surface area contributed by atoms with Crippen LogP contribution in [0.15, 0.2) is 226 Å².